The average Bonchev–Trinajstić information content (AvgIpc) is 2.94. The fourth-order valence-corrected chi connectivity index (χ4v) is 2.32. The second kappa shape index (κ2) is 5.46. The van der Waals surface area contributed by atoms with E-state index in [1.54, 1.807) is 17.9 Å². The van der Waals surface area contributed by atoms with Gasteiger partial charge in [-0.1, -0.05) is 35.5 Å². The molecule has 5 heteroatoms. The first kappa shape index (κ1) is 12.9. The zero-order chi connectivity index (χ0) is 13.9. The van der Waals surface area contributed by atoms with Gasteiger partial charge >= 0.3 is 0 Å². The number of carbonyl (C=O) groups is 1. The summed E-state index contributed by atoms with van der Waals surface area (Å²) in [7, 11) is 0. The highest BCUT2D eigenvalue weighted by Gasteiger charge is 2.27. The smallest absolute Gasteiger partial charge is 0.292 e. The Kier molecular flexibility index (Phi) is 3.52. The van der Waals surface area contributed by atoms with Gasteiger partial charge in [0.25, 0.3) is 5.91 Å². The van der Waals surface area contributed by atoms with Crippen molar-refractivity contribution >= 4 is 5.91 Å². The highest BCUT2D eigenvalue weighted by Crippen LogP contribution is 2.23. The van der Waals surface area contributed by atoms with E-state index in [-0.39, 0.29) is 17.8 Å². The molecule has 1 aliphatic rings. The quantitative estimate of drug-likeness (QED) is 0.841. The van der Waals surface area contributed by atoms with Crippen molar-refractivity contribution in [3.05, 3.63) is 53.4 Å². The number of ether oxygens (including phenoxy) is 1. The Hall–Kier alpha value is -2.14. The van der Waals surface area contributed by atoms with Gasteiger partial charge in [0.05, 0.1) is 18.8 Å². The lowest BCUT2D eigenvalue weighted by atomic mass is 10.1. The molecule has 1 aromatic carbocycles. The number of aromatic nitrogens is 1. The van der Waals surface area contributed by atoms with Crippen molar-refractivity contribution in [3.63, 3.8) is 0 Å². The number of hydrogen-bond acceptors (Lipinski definition) is 4. The van der Waals surface area contributed by atoms with Gasteiger partial charge in [0.15, 0.2) is 0 Å². The van der Waals surface area contributed by atoms with Gasteiger partial charge < -0.3 is 14.2 Å². The zero-order valence-corrected chi connectivity index (χ0v) is 11.3. The Morgan fingerprint density at radius 2 is 2.15 bits per heavy atom. The summed E-state index contributed by atoms with van der Waals surface area (Å²) < 4.78 is 10.8. The average molecular weight is 272 g/mol. The number of hydrogen-bond donors (Lipinski definition) is 0. The molecule has 0 radical (unpaired) electrons. The van der Waals surface area contributed by atoms with Crippen LogP contribution < -0.4 is 0 Å². The molecule has 0 bridgehead atoms. The van der Waals surface area contributed by atoms with Gasteiger partial charge in [-0.2, -0.15) is 0 Å². The second-order valence-corrected chi connectivity index (χ2v) is 4.85. The fourth-order valence-electron chi connectivity index (χ4n) is 2.32. The maximum atomic E-state index is 12.3. The summed E-state index contributed by atoms with van der Waals surface area (Å²) in [5, 5.41) is 3.76. The van der Waals surface area contributed by atoms with Gasteiger partial charge in [-0.3, -0.25) is 4.79 Å². The van der Waals surface area contributed by atoms with Crippen molar-refractivity contribution in [2.24, 2.45) is 0 Å². The summed E-state index contributed by atoms with van der Waals surface area (Å²) in [6.07, 6.45) is -0.0853. The Labute approximate surface area is 117 Å². The van der Waals surface area contributed by atoms with E-state index in [0.717, 1.165) is 5.56 Å². The lowest BCUT2D eigenvalue weighted by Crippen LogP contribution is -2.42. The monoisotopic (exact) mass is 272 g/mol. The summed E-state index contributed by atoms with van der Waals surface area (Å²) in [5.41, 5.74) is 1.79. The number of aryl methyl sites for hydroxylation is 1. The molecule has 5 nitrogen and oxygen atoms in total. The van der Waals surface area contributed by atoms with Crippen LogP contribution in [0.25, 0.3) is 0 Å². The third-order valence-electron chi connectivity index (χ3n) is 3.36. The molecule has 0 unspecified atom stereocenters. The Bertz CT molecular complexity index is 594. The van der Waals surface area contributed by atoms with E-state index >= 15 is 0 Å². The number of benzene rings is 1. The van der Waals surface area contributed by atoms with Crippen LogP contribution in [-0.4, -0.2) is 35.7 Å². The molecule has 20 heavy (non-hydrogen) atoms. The third-order valence-corrected chi connectivity index (χ3v) is 3.36. The Morgan fingerprint density at radius 3 is 2.85 bits per heavy atom. The van der Waals surface area contributed by atoms with Crippen LogP contribution in [0.15, 0.2) is 40.9 Å². The SMILES string of the molecule is Cc1cc(C(=O)N2CCO[C@@H](c3ccccc3)C2)on1. The van der Waals surface area contributed by atoms with Crippen LogP contribution in [0.1, 0.15) is 27.9 Å². The van der Waals surface area contributed by atoms with Crippen LogP contribution in [0.3, 0.4) is 0 Å². The van der Waals surface area contributed by atoms with Crippen LogP contribution in [0, 0.1) is 6.92 Å². The van der Waals surface area contributed by atoms with Crippen molar-refractivity contribution in [2.75, 3.05) is 19.7 Å². The number of nitrogens with zero attached hydrogens (tertiary/aromatic N) is 2. The number of carbonyl (C=O) groups excluding carboxylic acids is 1. The molecule has 1 atom stereocenters. The van der Waals surface area contributed by atoms with Crippen molar-refractivity contribution in [3.8, 4) is 0 Å². The molecule has 2 aromatic rings. The normalized spacial score (nSPS) is 19.1. The van der Waals surface area contributed by atoms with Gasteiger partial charge in [-0.15, -0.1) is 0 Å². The van der Waals surface area contributed by atoms with E-state index in [9.17, 15) is 4.79 Å². The minimum atomic E-state index is -0.130. The topological polar surface area (TPSA) is 55.6 Å². The molecule has 2 heterocycles. The van der Waals surface area contributed by atoms with Crippen LogP contribution in [0.4, 0.5) is 0 Å². The predicted octanol–water partition coefficient (Wildman–Crippen LogP) is 2.20. The number of rotatable bonds is 2. The number of morpholine rings is 1. The molecule has 3 rings (SSSR count). The van der Waals surface area contributed by atoms with Crippen LogP contribution in [0.5, 0.6) is 0 Å². The molecule has 1 saturated heterocycles. The molecule has 0 spiro atoms. The zero-order valence-electron chi connectivity index (χ0n) is 11.3. The van der Waals surface area contributed by atoms with Crippen molar-refractivity contribution in [2.45, 2.75) is 13.0 Å². The lowest BCUT2D eigenvalue weighted by molar-refractivity contribution is -0.0240. The lowest BCUT2D eigenvalue weighted by Gasteiger charge is -2.32. The number of amides is 1. The van der Waals surface area contributed by atoms with E-state index in [1.807, 2.05) is 30.3 Å². The highest BCUT2D eigenvalue weighted by atomic mass is 16.5. The molecule has 1 fully saturated rings. The van der Waals surface area contributed by atoms with Gasteiger partial charge in [-0.25, -0.2) is 0 Å². The van der Waals surface area contributed by atoms with Gasteiger partial charge in [0.1, 0.15) is 6.10 Å². The van der Waals surface area contributed by atoms with Crippen molar-refractivity contribution in [1.29, 1.82) is 0 Å². The third kappa shape index (κ3) is 2.58. The molecule has 1 aromatic heterocycles. The molecule has 0 saturated carbocycles. The minimum Gasteiger partial charge on any atom is -0.370 e. The van der Waals surface area contributed by atoms with Crippen LogP contribution >= 0.6 is 0 Å². The Balaban J connectivity index is 1.74. The molecular formula is C15H16N2O3. The first-order valence-corrected chi connectivity index (χ1v) is 6.63. The van der Waals surface area contributed by atoms with Gasteiger partial charge in [0, 0.05) is 12.6 Å². The van der Waals surface area contributed by atoms with Crippen LogP contribution in [-0.2, 0) is 4.74 Å². The molecule has 0 aliphatic carbocycles. The summed E-state index contributed by atoms with van der Waals surface area (Å²) >= 11 is 0. The first-order valence-electron chi connectivity index (χ1n) is 6.63. The maximum absolute atomic E-state index is 12.3. The molecule has 1 aliphatic heterocycles. The minimum absolute atomic E-state index is 0.0853. The van der Waals surface area contributed by atoms with E-state index < -0.39 is 0 Å². The first-order chi connectivity index (χ1) is 9.74. The van der Waals surface area contributed by atoms with E-state index in [4.69, 9.17) is 9.26 Å². The predicted molar refractivity (Wildman–Crippen MR) is 72.3 cm³/mol. The summed E-state index contributed by atoms with van der Waals surface area (Å²) in [6.45, 7) is 3.43. The van der Waals surface area contributed by atoms with Crippen molar-refractivity contribution < 1.29 is 14.1 Å². The summed E-state index contributed by atoms with van der Waals surface area (Å²) in [5.74, 6) is 0.158. The molecule has 104 valence electrons. The largest absolute Gasteiger partial charge is 0.370 e. The van der Waals surface area contributed by atoms with Gasteiger partial charge in [0.2, 0.25) is 5.76 Å². The van der Waals surface area contributed by atoms with E-state index in [0.29, 0.717) is 25.4 Å². The van der Waals surface area contributed by atoms with E-state index in [1.165, 1.54) is 0 Å². The molecule has 0 N–H and O–H groups in total. The highest BCUT2D eigenvalue weighted by molar-refractivity contribution is 5.91. The molecular weight excluding hydrogens is 256 g/mol. The van der Waals surface area contributed by atoms with Crippen molar-refractivity contribution in [1.82, 2.24) is 10.1 Å². The molecule has 1 amide bonds. The fraction of sp³-hybridized carbons (Fsp3) is 0.333. The standard InChI is InChI=1S/C15H16N2O3/c1-11-9-13(20-16-11)15(18)17-7-8-19-14(10-17)12-5-3-2-4-6-12/h2-6,9,14H,7-8,10H2,1H3/t14-/m1/s1. The Morgan fingerprint density at radius 1 is 1.35 bits per heavy atom. The van der Waals surface area contributed by atoms with Gasteiger partial charge in [-0.05, 0) is 12.5 Å². The maximum Gasteiger partial charge on any atom is 0.292 e. The summed E-state index contributed by atoms with van der Waals surface area (Å²) in [6, 6.07) is 11.6. The van der Waals surface area contributed by atoms with E-state index in [2.05, 4.69) is 5.16 Å². The second-order valence-electron chi connectivity index (χ2n) is 4.85. The van der Waals surface area contributed by atoms with Crippen LogP contribution in [0.2, 0.25) is 0 Å². The summed E-state index contributed by atoms with van der Waals surface area (Å²) in [4.78, 5) is 14.1.